The summed E-state index contributed by atoms with van der Waals surface area (Å²) in [5.41, 5.74) is 2.74. The molecule has 0 unspecified atom stereocenters. The van der Waals surface area contributed by atoms with Crippen LogP contribution in [0.5, 0.6) is 5.75 Å². The van der Waals surface area contributed by atoms with E-state index >= 15 is 0 Å². The van der Waals surface area contributed by atoms with E-state index in [1.165, 1.54) is 6.07 Å². The molecule has 0 atom stereocenters. The van der Waals surface area contributed by atoms with E-state index in [0.717, 1.165) is 17.0 Å². The zero-order valence-electron chi connectivity index (χ0n) is 11.2. The van der Waals surface area contributed by atoms with Gasteiger partial charge in [-0.2, -0.15) is 0 Å². The van der Waals surface area contributed by atoms with Crippen LogP contribution >= 0.6 is 0 Å². The Balaban J connectivity index is 2.06. The van der Waals surface area contributed by atoms with E-state index in [1.54, 1.807) is 12.1 Å². The second-order valence-electron chi connectivity index (χ2n) is 4.35. The van der Waals surface area contributed by atoms with Crippen molar-refractivity contribution in [2.75, 3.05) is 11.9 Å². The second-order valence-corrected chi connectivity index (χ2v) is 4.35. The minimum absolute atomic E-state index is 0.182. The van der Waals surface area contributed by atoms with Crippen LogP contribution in [-0.2, 0) is 6.54 Å². The van der Waals surface area contributed by atoms with Crippen molar-refractivity contribution >= 4 is 5.69 Å². The summed E-state index contributed by atoms with van der Waals surface area (Å²) in [5, 5.41) is 3.24. The van der Waals surface area contributed by atoms with Crippen LogP contribution in [0.3, 0.4) is 0 Å². The van der Waals surface area contributed by atoms with Crippen molar-refractivity contribution in [1.82, 2.24) is 0 Å². The Kier molecular flexibility index (Phi) is 4.39. The van der Waals surface area contributed by atoms with Gasteiger partial charge in [-0.05, 0) is 43.7 Å². The summed E-state index contributed by atoms with van der Waals surface area (Å²) in [4.78, 5) is 0. The summed E-state index contributed by atoms with van der Waals surface area (Å²) >= 11 is 0. The SMILES string of the molecule is CCOc1ccc(NCc2ccccc2F)c(C)c1. The fraction of sp³-hybridized carbons (Fsp3) is 0.250. The molecule has 3 heteroatoms. The number of hydrogen-bond donors (Lipinski definition) is 1. The Hall–Kier alpha value is -2.03. The molecule has 100 valence electrons. The van der Waals surface area contributed by atoms with Gasteiger partial charge in [0.05, 0.1) is 6.61 Å². The maximum Gasteiger partial charge on any atom is 0.128 e. The van der Waals surface area contributed by atoms with E-state index in [4.69, 9.17) is 4.74 Å². The number of halogens is 1. The van der Waals surface area contributed by atoms with E-state index in [2.05, 4.69) is 5.32 Å². The van der Waals surface area contributed by atoms with Gasteiger partial charge in [0, 0.05) is 17.8 Å². The van der Waals surface area contributed by atoms with Crippen LogP contribution in [0.25, 0.3) is 0 Å². The zero-order valence-corrected chi connectivity index (χ0v) is 11.2. The molecule has 0 aliphatic carbocycles. The van der Waals surface area contributed by atoms with Crippen molar-refractivity contribution in [2.24, 2.45) is 0 Å². The smallest absolute Gasteiger partial charge is 0.128 e. The molecule has 0 aliphatic heterocycles. The van der Waals surface area contributed by atoms with Gasteiger partial charge in [-0.25, -0.2) is 4.39 Å². The number of hydrogen-bond acceptors (Lipinski definition) is 2. The maximum atomic E-state index is 13.5. The molecule has 0 aliphatic rings. The summed E-state index contributed by atoms with van der Waals surface area (Å²) < 4.78 is 18.9. The van der Waals surface area contributed by atoms with E-state index in [0.29, 0.717) is 18.7 Å². The Morgan fingerprint density at radius 3 is 2.63 bits per heavy atom. The van der Waals surface area contributed by atoms with Gasteiger partial charge in [0.15, 0.2) is 0 Å². The van der Waals surface area contributed by atoms with Crippen molar-refractivity contribution in [3.63, 3.8) is 0 Å². The second kappa shape index (κ2) is 6.23. The van der Waals surface area contributed by atoms with Crippen LogP contribution in [0.15, 0.2) is 42.5 Å². The lowest BCUT2D eigenvalue weighted by atomic mass is 10.1. The third-order valence-corrected chi connectivity index (χ3v) is 2.94. The lowest BCUT2D eigenvalue weighted by molar-refractivity contribution is 0.340. The number of ether oxygens (including phenoxy) is 1. The summed E-state index contributed by atoms with van der Waals surface area (Å²) in [7, 11) is 0. The lowest BCUT2D eigenvalue weighted by Gasteiger charge is -2.12. The van der Waals surface area contributed by atoms with Crippen molar-refractivity contribution in [3.8, 4) is 5.75 Å². The lowest BCUT2D eigenvalue weighted by Crippen LogP contribution is -2.03. The quantitative estimate of drug-likeness (QED) is 0.871. The first-order valence-electron chi connectivity index (χ1n) is 6.41. The third kappa shape index (κ3) is 3.47. The highest BCUT2D eigenvalue weighted by molar-refractivity contribution is 5.53. The molecule has 0 amide bonds. The molecule has 0 fully saturated rings. The molecule has 1 N–H and O–H groups in total. The number of nitrogens with one attached hydrogen (secondary N) is 1. The van der Waals surface area contributed by atoms with Gasteiger partial charge >= 0.3 is 0 Å². The minimum atomic E-state index is -0.182. The number of benzene rings is 2. The molecule has 2 rings (SSSR count). The Bertz CT molecular complexity index is 554. The monoisotopic (exact) mass is 259 g/mol. The molecule has 0 spiro atoms. The first kappa shape index (κ1) is 13.4. The Morgan fingerprint density at radius 2 is 1.95 bits per heavy atom. The van der Waals surface area contributed by atoms with Gasteiger partial charge in [0.1, 0.15) is 11.6 Å². The zero-order chi connectivity index (χ0) is 13.7. The van der Waals surface area contributed by atoms with E-state index in [1.807, 2.05) is 38.1 Å². The van der Waals surface area contributed by atoms with Gasteiger partial charge in [0.2, 0.25) is 0 Å². The summed E-state index contributed by atoms with van der Waals surface area (Å²) in [6, 6.07) is 12.6. The molecule has 0 radical (unpaired) electrons. The van der Waals surface area contributed by atoms with Crippen molar-refractivity contribution in [2.45, 2.75) is 20.4 Å². The molecule has 0 saturated carbocycles. The van der Waals surface area contributed by atoms with E-state index < -0.39 is 0 Å². The maximum absolute atomic E-state index is 13.5. The molecule has 0 aromatic heterocycles. The van der Waals surface area contributed by atoms with Crippen molar-refractivity contribution in [3.05, 3.63) is 59.4 Å². The van der Waals surface area contributed by atoms with Crippen LogP contribution in [0.4, 0.5) is 10.1 Å². The predicted molar refractivity (Wildman–Crippen MR) is 76.1 cm³/mol. The van der Waals surface area contributed by atoms with Gasteiger partial charge in [0.25, 0.3) is 0 Å². The predicted octanol–water partition coefficient (Wildman–Crippen LogP) is 4.14. The molecule has 0 heterocycles. The standard InChI is InChI=1S/C16H18FNO/c1-3-19-14-8-9-16(12(2)10-14)18-11-13-6-4-5-7-15(13)17/h4-10,18H,3,11H2,1-2H3. The van der Waals surface area contributed by atoms with Gasteiger partial charge in [-0.1, -0.05) is 18.2 Å². The molecular formula is C16H18FNO. The number of anilines is 1. The van der Waals surface area contributed by atoms with Gasteiger partial charge in [-0.15, -0.1) is 0 Å². The molecule has 2 nitrogen and oxygen atoms in total. The van der Waals surface area contributed by atoms with Crippen molar-refractivity contribution < 1.29 is 9.13 Å². The highest BCUT2D eigenvalue weighted by Gasteiger charge is 2.03. The van der Waals surface area contributed by atoms with E-state index in [9.17, 15) is 4.39 Å². The van der Waals surface area contributed by atoms with Crippen LogP contribution < -0.4 is 10.1 Å². The largest absolute Gasteiger partial charge is 0.494 e. The summed E-state index contributed by atoms with van der Waals surface area (Å²) in [5.74, 6) is 0.676. The molecule has 0 saturated heterocycles. The third-order valence-electron chi connectivity index (χ3n) is 2.94. The number of aryl methyl sites for hydroxylation is 1. The van der Waals surface area contributed by atoms with E-state index in [-0.39, 0.29) is 5.82 Å². The molecular weight excluding hydrogens is 241 g/mol. The van der Waals surface area contributed by atoms with Crippen LogP contribution in [0.2, 0.25) is 0 Å². The molecule has 2 aromatic carbocycles. The van der Waals surface area contributed by atoms with Crippen LogP contribution in [-0.4, -0.2) is 6.61 Å². The average molecular weight is 259 g/mol. The fourth-order valence-electron chi connectivity index (χ4n) is 1.92. The number of rotatable bonds is 5. The topological polar surface area (TPSA) is 21.3 Å². The van der Waals surface area contributed by atoms with Crippen LogP contribution in [0.1, 0.15) is 18.1 Å². The molecule has 0 bridgehead atoms. The molecule has 2 aromatic rings. The van der Waals surface area contributed by atoms with Gasteiger partial charge < -0.3 is 10.1 Å². The highest BCUT2D eigenvalue weighted by atomic mass is 19.1. The Labute approximate surface area is 113 Å². The molecule has 19 heavy (non-hydrogen) atoms. The Morgan fingerprint density at radius 1 is 1.16 bits per heavy atom. The summed E-state index contributed by atoms with van der Waals surface area (Å²) in [6.07, 6.45) is 0. The normalized spacial score (nSPS) is 10.3. The summed E-state index contributed by atoms with van der Waals surface area (Å²) in [6.45, 7) is 5.09. The van der Waals surface area contributed by atoms with Crippen LogP contribution in [0, 0.1) is 12.7 Å². The highest BCUT2D eigenvalue weighted by Crippen LogP contribution is 2.22. The minimum Gasteiger partial charge on any atom is -0.494 e. The fourth-order valence-corrected chi connectivity index (χ4v) is 1.92. The first-order valence-corrected chi connectivity index (χ1v) is 6.41. The average Bonchev–Trinajstić information content (AvgIpc) is 2.40. The van der Waals surface area contributed by atoms with Gasteiger partial charge in [-0.3, -0.25) is 0 Å². The van der Waals surface area contributed by atoms with Crippen molar-refractivity contribution in [1.29, 1.82) is 0 Å². The first-order chi connectivity index (χ1) is 9.20.